The fourth-order valence-corrected chi connectivity index (χ4v) is 2.50. The Morgan fingerprint density at radius 3 is 2.29 bits per heavy atom. The summed E-state index contributed by atoms with van der Waals surface area (Å²) in [7, 11) is 0. The maximum absolute atomic E-state index is 3.39. The fraction of sp³-hybridized carbons (Fsp3) is 1.00. The number of hydrogen-bond acceptors (Lipinski definition) is 2. The van der Waals surface area contributed by atoms with Crippen molar-refractivity contribution < 1.29 is 0 Å². The van der Waals surface area contributed by atoms with Crippen molar-refractivity contribution in [2.75, 3.05) is 32.7 Å². The van der Waals surface area contributed by atoms with Gasteiger partial charge in [0, 0.05) is 0 Å². The van der Waals surface area contributed by atoms with E-state index in [1.54, 1.807) is 0 Å². The van der Waals surface area contributed by atoms with Gasteiger partial charge in [0.05, 0.1) is 0 Å². The molecule has 2 nitrogen and oxygen atoms in total. The van der Waals surface area contributed by atoms with Gasteiger partial charge in [-0.05, 0) is 63.8 Å². The van der Waals surface area contributed by atoms with Crippen LogP contribution in [0.2, 0.25) is 0 Å². The summed E-state index contributed by atoms with van der Waals surface area (Å²) < 4.78 is 0. The molecule has 1 heterocycles. The van der Waals surface area contributed by atoms with E-state index in [1.165, 1.54) is 64.7 Å². The van der Waals surface area contributed by atoms with E-state index in [9.17, 15) is 0 Å². The minimum atomic E-state index is 0.600. The molecule has 1 aliphatic rings. The summed E-state index contributed by atoms with van der Waals surface area (Å²) in [6.45, 7) is 13.3. The van der Waals surface area contributed by atoms with Gasteiger partial charge in [0.15, 0.2) is 0 Å². The summed E-state index contributed by atoms with van der Waals surface area (Å²) in [5, 5.41) is 3.39. The van der Waals surface area contributed by atoms with Gasteiger partial charge in [-0.25, -0.2) is 0 Å². The molecule has 0 unspecified atom stereocenters. The molecule has 1 saturated heterocycles. The second-order valence-corrected chi connectivity index (χ2v) is 6.27. The lowest BCUT2D eigenvalue weighted by molar-refractivity contribution is 0.131. The number of hydrogen-bond donors (Lipinski definition) is 1. The maximum Gasteiger partial charge on any atom is -0.00136 e. The summed E-state index contributed by atoms with van der Waals surface area (Å²) in [6, 6.07) is 0. The molecular formula is C15H32N2. The predicted octanol–water partition coefficient (Wildman–Crippen LogP) is 3.28. The average molecular weight is 240 g/mol. The molecule has 0 aromatic heterocycles. The zero-order valence-electron chi connectivity index (χ0n) is 12.2. The van der Waals surface area contributed by atoms with E-state index in [-0.39, 0.29) is 0 Å². The molecular weight excluding hydrogens is 208 g/mol. The zero-order valence-corrected chi connectivity index (χ0v) is 12.2. The van der Waals surface area contributed by atoms with Crippen LogP contribution in [0.25, 0.3) is 0 Å². The Morgan fingerprint density at radius 1 is 1.00 bits per heavy atom. The fourth-order valence-electron chi connectivity index (χ4n) is 2.50. The number of likely N-dealkylation sites (tertiary alicyclic amines) is 1. The maximum atomic E-state index is 3.39. The summed E-state index contributed by atoms with van der Waals surface area (Å²) >= 11 is 0. The highest BCUT2D eigenvalue weighted by Crippen LogP contribution is 2.29. The lowest BCUT2D eigenvalue weighted by Gasteiger charge is -2.36. The number of nitrogens with zero attached hydrogens (tertiary/aromatic N) is 1. The Hall–Kier alpha value is -0.0800. The first-order valence-electron chi connectivity index (χ1n) is 7.57. The van der Waals surface area contributed by atoms with Crippen LogP contribution in [0.15, 0.2) is 0 Å². The minimum Gasteiger partial charge on any atom is -0.317 e. The highest BCUT2D eigenvalue weighted by molar-refractivity contribution is 4.78. The molecule has 2 heteroatoms. The van der Waals surface area contributed by atoms with Gasteiger partial charge >= 0.3 is 0 Å². The van der Waals surface area contributed by atoms with Gasteiger partial charge < -0.3 is 10.2 Å². The van der Waals surface area contributed by atoms with Crippen molar-refractivity contribution >= 4 is 0 Å². The number of unbranched alkanes of at least 4 members (excludes halogenated alkanes) is 3. The second kappa shape index (κ2) is 8.10. The molecule has 0 aliphatic carbocycles. The van der Waals surface area contributed by atoms with Crippen molar-refractivity contribution in [1.29, 1.82) is 0 Å². The lowest BCUT2D eigenvalue weighted by Crippen LogP contribution is -2.37. The van der Waals surface area contributed by atoms with Crippen LogP contribution in [-0.2, 0) is 0 Å². The molecule has 0 saturated carbocycles. The van der Waals surface area contributed by atoms with Crippen LogP contribution in [0.5, 0.6) is 0 Å². The SMILES string of the molecule is CCNCCCCCCN1CCC(C)(C)CC1. The van der Waals surface area contributed by atoms with E-state index >= 15 is 0 Å². The third-order valence-electron chi connectivity index (χ3n) is 4.04. The van der Waals surface area contributed by atoms with Crippen LogP contribution >= 0.6 is 0 Å². The molecule has 0 spiro atoms. The van der Waals surface area contributed by atoms with Gasteiger partial charge in [0.25, 0.3) is 0 Å². The first kappa shape index (κ1) is 15.0. The van der Waals surface area contributed by atoms with E-state index in [2.05, 4.69) is 31.0 Å². The Morgan fingerprint density at radius 2 is 1.65 bits per heavy atom. The molecule has 0 bridgehead atoms. The van der Waals surface area contributed by atoms with E-state index < -0.39 is 0 Å². The second-order valence-electron chi connectivity index (χ2n) is 6.27. The quantitative estimate of drug-likeness (QED) is 0.655. The normalized spacial score (nSPS) is 20.6. The van der Waals surface area contributed by atoms with Crippen LogP contribution in [-0.4, -0.2) is 37.6 Å². The van der Waals surface area contributed by atoms with Crippen molar-refractivity contribution in [2.45, 2.75) is 59.3 Å². The molecule has 0 aromatic rings. The smallest absolute Gasteiger partial charge is 0.00136 e. The molecule has 0 radical (unpaired) electrons. The molecule has 0 aromatic carbocycles. The predicted molar refractivity (Wildman–Crippen MR) is 76.5 cm³/mol. The van der Waals surface area contributed by atoms with E-state index in [4.69, 9.17) is 0 Å². The summed E-state index contributed by atoms with van der Waals surface area (Å²) in [5.74, 6) is 0. The Balaban J connectivity index is 1.90. The molecule has 1 rings (SSSR count). The molecule has 1 N–H and O–H groups in total. The van der Waals surface area contributed by atoms with Crippen molar-refractivity contribution in [3.8, 4) is 0 Å². The molecule has 102 valence electrons. The first-order valence-corrected chi connectivity index (χ1v) is 7.57. The zero-order chi connectivity index (χ0) is 12.6. The summed E-state index contributed by atoms with van der Waals surface area (Å²) in [4.78, 5) is 2.66. The van der Waals surface area contributed by atoms with E-state index in [0.29, 0.717) is 5.41 Å². The molecule has 0 amide bonds. The largest absolute Gasteiger partial charge is 0.317 e. The lowest BCUT2D eigenvalue weighted by atomic mass is 9.82. The van der Waals surface area contributed by atoms with Crippen molar-refractivity contribution in [3.05, 3.63) is 0 Å². The first-order chi connectivity index (χ1) is 8.14. The topological polar surface area (TPSA) is 15.3 Å². The van der Waals surface area contributed by atoms with Crippen molar-refractivity contribution in [3.63, 3.8) is 0 Å². The molecule has 0 atom stereocenters. The van der Waals surface area contributed by atoms with Crippen LogP contribution in [0, 0.1) is 5.41 Å². The van der Waals surface area contributed by atoms with E-state index in [1.807, 2.05) is 0 Å². The van der Waals surface area contributed by atoms with Crippen LogP contribution in [0.1, 0.15) is 59.3 Å². The summed E-state index contributed by atoms with van der Waals surface area (Å²) in [6.07, 6.45) is 8.31. The van der Waals surface area contributed by atoms with Crippen LogP contribution in [0.4, 0.5) is 0 Å². The van der Waals surface area contributed by atoms with Gasteiger partial charge in [0.1, 0.15) is 0 Å². The number of piperidine rings is 1. The Kier molecular flexibility index (Phi) is 7.14. The molecule has 1 fully saturated rings. The van der Waals surface area contributed by atoms with Gasteiger partial charge in [-0.3, -0.25) is 0 Å². The summed E-state index contributed by atoms with van der Waals surface area (Å²) in [5.41, 5.74) is 0.600. The highest BCUT2D eigenvalue weighted by Gasteiger charge is 2.24. The van der Waals surface area contributed by atoms with Gasteiger partial charge in [-0.2, -0.15) is 0 Å². The third kappa shape index (κ3) is 7.05. The monoisotopic (exact) mass is 240 g/mol. The van der Waals surface area contributed by atoms with Gasteiger partial charge in [-0.1, -0.05) is 33.6 Å². The number of rotatable bonds is 8. The van der Waals surface area contributed by atoms with Crippen molar-refractivity contribution in [2.24, 2.45) is 5.41 Å². The average Bonchev–Trinajstić information content (AvgIpc) is 2.30. The number of nitrogens with one attached hydrogen (secondary N) is 1. The van der Waals surface area contributed by atoms with Crippen LogP contribution in [0.3, 0.4) is 0 Å². The third-order valence-corrected chi connectivity index (χ3v) is 4.04. The molecule has 17 heavy (non-hydrogen) atoms. The Bertz CT molecular complexity index is 179. The van der Waals surface area contributed by atoms with Gasteiger partial charge in [0.2, 0.25) is 0 Å². The van der Waals surface area contributed by atoms with Crippen LogP contribution < -0.4 is 5.32 Å². The molecule has 1 aliphatic heterocycles. The van der Waals surface area contributed by atoms with E-state index in [0.717, 1.165) is 6.54 Å². The highest BCUT2D eigenvalue weighted by atomic mass is 15.1. The standard InChI is InChI=1S/C15H32N2/c1-4-16-11-7-5-6-8-12-17-13-9-15(2,3)10-14-17/h16H,4-14H2,1-3H3. The van der Waals surface area contributed by atoms with Gasteiger partial charge in [-0.15, -0.1) is 0 Å². The Labute approximate surface area is 108 Å². The van der Waals surface area contributed by atoms with Crippen molar-refractivity contribution in [1.82, 2.24) is 10.2 Å². The minimum absolute atomic E-state index is 0.600.